The molecule has 33 heavy (non-hydrogen) atoms. The minimum Gasteiger partial charge on any atom is -0.381 e. The van der Waals surface area contributed by atoms with Crippen LogP contribution in [0.3, 0.4) is 0 Å². The molecule has 5 heteroatoms. The largest absolute Gasteiger partial charge is 0.381 e. The summed E-state index contributed by atoms with van der Waals surface area (Å²) in [6, 6.07) is 7.38. The van der Waals surface area contributed by atoms with Gasteiger partial charge in [-0.05, 0) is 92.9 Å². The molecular weight excluding hydrogens is 430 g/mol. The first-order chi connectivity index (χ1) is 15.7. The van der Waals surface area contributed by atoms with E-state index in [2.05, 4.69) is 39.0 Å². The van der Waals surface area contributed by atoms with Crippen molar-refractivity contribution >= 4 is 29.4 Å². The van der Waals surface area contributed by atoms with Crippen LogP contribution in [0.4, 0.5) is 11.4 Å². The predicted molar refractivity (Wildman–Crippen MR) is 141 cm³/mol. The van der Waals surface area contributed by atoms with Crippen molar-refractivity contribution in [2.45, 2.75) is 63.9 Å². The average molecular weight is 472 g/mol. The molecule has 0 amide bonds. The molecule has 0 bridgehead atoms. The highest BCUT2D eigenvalue weighted by atomic mass is 35.5. The van der Waals surface area contributed by atoms with Gasteiger partial charge < -0.3 is 14.5 Å². The van der Waals surface area contributed by atoms with Crippen LogP contribution >= 0.6 is 12.4 Å². The lowest BCUT2D eigenvalue weighted by molar-refractivity contribution is 0.0819. The van der Waals surface area contributed by atoms with Gasteiger partial charge in [0.05, 0.1) is 6.10 Å². The first kappa shape index (κ1) is 23.5. The van der Waals surface area contributed by atoms with E-state index in [1.807, 2.05) is 7.11 Å². The highest BCUT2D eigenvalue weighted by Crippen LogP contribution is 2.57. The maximum absolute atomic E-state index is 5.61. The fourth-order valence-electron chi connectivity index (χ4n) is 6.26. The Morgan fingerprint density at radius 2 is 1.67 bits per heavy atom. The van der Waals surface area contributed by atoms with Gasteiger partial charge in [-0.15, -0.1) is 12.4 Å². The molecule has 1 spiro atoms. The van der Waals surface area contributed by atoms with Gasteiger partial charge in [0.15, 0.2) is 0 Å². The Morgan fingerprint density at radius 1 is 0.909 bits per heavy atom. The highest BCUT2D eigenvalue weighted by molar-refractivity contribution is 5.85. The Labute approximate surface area is 206 Å². The van der Waals surface area contributed by atoms with Crippen molar-refractivity contribution in [3.05, 3.63) is 29.8 Å². The van der Waals surface area contributed by atoms with Crippen LogP contribution in [0, 0.1) is 11.3 Å². The van der Waals surface area contributed by atoms with E-state index >= 15 is 0 Å². The summed E-state index contributed by atoms with van der Waals surface area (Å²) in [6.07, 6.45) is 15.1. The number of piperidine rings is 1. The normalized spacial score (nSPS) is 25.7. The number of halogens is 1. The molecule has 4 fully saturated rings. The quantitative estimate of drug-likeness (QED) is 0.537. The predicted octanol–water partition coefficient (Wildman–Crippen LogP) is 5.60. The number of hydrogen-bond donors (Lipinski definition) is 0. The molecule has 2 heterocycles. The highest BCUT2D eigenvalue weighted by Gasteiger charge is 2.43. The van der Waals surface area contributed by atoms with Gasteiger partial charge in [-0.1, -0.05) is 6.08 Å². The number of rotatable bonds is 6. The number of ether oxygens (including phenoxy) is 1. The maximum Gasteiger partial charge on any atom is 0.0605 e. The van der Waals surface area contributed by atoms with E-state index in [4.69, 9.17) is 4.74 Å². The van der Waals surface area contributed by atoms with E-state index in [0.29, 0.717) is 11.5 Å². The zero-order chi connectivity index (χ0) is 21.5. The van der Waals surface area contributed by atoms with E-state index < -0.39 is 0 Å². The minimum atomic E-state index is 0. The summed E-state index contributed by atoms with van der Waals surface area (Å²) in [5.74, 6) is 1.00. The zero-order valence-corrected chi connectivity index (χ0v) is 21.3. The molecule has 0 aromatic heterocycles. The van der Waals surface area contributed by atoms with E-state index in [0.717, 1.165) is 31.8 Å². The molecule has 5 aliphatic rings. The summed E-state index contributed by atoms with van der Waals surface area (Å²) in [7, 11) is 1.86. The summed E-state index contributed by atoms with van der Waals surface area (Å²) in [6.45, 7) is 8.36. The second-order valence-electron chi connectivity index (χ2n) is 11.3. The molecule has 2 saturated carbocycles. The molecule has 0 unspecified atom stereocenters. The van der Waals surface area contributed by atoms with Crippen molar-refractivity contribution in [1.29, 1.82) is 0 Å². The molecule has 1 aromatic carbocycles. The first-order valence-electron chi connectivity index (χ1n) is 13.3. The van der Waals surface area contributed by atoms with Crippen LogP contribution in [0.25, 0.3) is 5.57 Å². The summed E-state index contributed by atoms with van der Waals surface area (Å²) in [4.78, 5) is 7.98. The SMILES string of the molecule is COC1CCN(c2ccc(N3CCN(CC4CC4)CC3)c(C3=CCC4(CC3)CC4)c2)CC1.Cl. The Morgan fingerprint density at radius 3 is 2.27 bits per heavy atom. The van der Waals surface area contributed by atoms with E-state index in [1.165, 1.54) is 94.6 Å². The summed E-state index contributed by atoms with van der Waals surface area (Å²) in [5.41, 5.74) is 6.74. The molecule has 0 N–H and O–H groups in total. The van der Waals surface area contributed by atoms with E-state index in [9.17, 15) is 0 Å². The van der Waals surface area contributed by atoms with Gasteiger partial charge in [0.2, 0.25) is 0 Å². The van der Waals surface area contributed by atoms with Crippen molar-refractivity contribution in [2.24, 2.45) is 11.3 Å². The second-order valence-corrected chi connectivity index (χ2v) is 11.3. The molecule has 6 rings (SSSR count). The minimum absolute atomic E-state index is 0. The van der Waals surface area contributed by atoms with E-state index in [-0.39, 0.29) is 12.4 Å². The number of hydrogen-bond acceptors (Lipinski definition) is 4. The number of allylic oxidation sites excluding steroid dienone is 2. The Hall–Kier alpha value is -1.23. The van der Waals surface area contributed by atoms with Gasteiger partial charge >= 0.3 is 0 Å². The lowest BCUT2D eigenvalue weighted by atomic mass is 9.83. The van der Waals surface area contributed by atoms with Crippen LogP contribution in [-0.4, -0.2) is 63.9 Å². The van der Waals surface area contributed by atoms with Crippen LogP contribution in [0.15, 0.2) is 24.3 Å². The molecule has 4 nitrogen and oxygen atoms in total. The van der Waals surface area contributed by atoms with Crippen LogP contribution in [0.2, 0.25) is 0 Å². The van der Waals surface area contributed by atoms with Crippen molar-refractivity contribution < 1.29 is 4.74 Å². The van der Waals surface area contributed by atoms with E-state index in [1.54, 1.807) is 5.57 Å². The maximum atomic E-state index is 5.61. The summed E-state index contributed by atoms with van der Waals surface area (Å²) >= 11 is 0. The molecule has 0 radical (unpaired) electrons. The summed E-state index contributed by atoms with van der Waals surface area (Å²) in [5, 5.41) is 0. The van der Waals surface area contributed by atoms with Gasteiger partial charge in [-0.25, -0.2) is 0 Å². The van der Waals surface area contributed by atoms with Crippen LogP contribution in [-0.2, 0) is 4.74 Å². The zero-order valence-electron chi connectivity index (χ0n) is 20.4. The van der Waals surface area contributed by atoms with Crippen molar-refractivity contribution in [3.8, 4) is 0 Å². The Kier molecular flexibility index (Phi) is 6.98. The van der Waals surface area contributed by atoms with Crippen molar-refractivity contribution in [3.63, 3.8) is 0 Å². The van der Waals surface area contributed by atoms with Crippen molar-refractivity contribution in [2.75, 3.05) is 62.7 Å². The Balaban J connectivity index is 0.00000228. The molecule has 1 aromatic rings. The third kappa shape index (κ3) is 5.23. The monoisotopic (exact) mass is 471 g/mol. The molecule has 182 valence electrons. The smallest absolute Gasteiger partial charge is 0.0605 e. The molecule has 0 atom stereocenters. The number of benzene rings is 1. The second kappa shape index (κ2) is 9.79. The van der Waals surface area contributed by atoms with Gasteiger partial charge in [0.1, 0.15) is 0 Å². The van der Waals surface area contributed by atoms with Crippen LogP contribution < -0.4 is 9.80 Å². The lowest BCUT2D eigenvalue weighted by Gasteiger charge is -2.38. The van der Waals surface area contributed by atoms with Gasteiger partial charge in [-0.2, -0.15) is 0 Å². The third-order valence-corrected chi connectivity index (χ3v) is 9.06. The average Bonchev–Trinajstić information content (AvgIpc) is 3.79. The number of nitrogens with zero attached hydrogens (tertiary/aromatic N) is 3. The van der Waals surface area contributed by atoms with Crippen LogP contribution in [0.5, 0.6) is 0 Å². The van der Waals surface area contributed by atoms with Crippen LogP contribution in [0.1, 0.15) is 63.4 Å². The third-order valence-electron chi connectivity index (χ3n) is 9.06. The first-order valence-corrected chi connectivity index (χ1v) is 13.3. The van der Waals surface area contributed by atoms with Gasteiger partial charge in [-0.3, -0.25) is 4.90 Å². The molecule has 3 aliphatic carbocycles. The molecule has 2 saturated heterocycles. The fourth-order valence-corrected chi connectivity index (χ4v) is 6.26. The topological polar surface area (TPSA) is 19.0 Å². The number of anilines is 2. The molecule has 2 aliphatic heterocycles. The standard InChI is InChI=1S/C28H41N3O.ClH/c1-32-25-8-14-30(15-9-25)24-4-5-27(31-18-16-29(17-19-31)21-22-2-3-22)26(20-24)23-6-10-28(11-7-23)12-13-28;/h4-6,20,22,25H,2-3,7-19,21H2,1H3;1H. The van der Waals surface area contributed by atoms with Gasteiger partial charge in [0.25, 0.3) is 0 Å². The fraction of sp³-hybridized carbons (Fsp3) is 0.714. The van der Waals surface area contributed by atoms with Crippen molar-refractivity contribution in [1.82, 2.24) is 4.90 Å². The lowest BCUT2D eigenvalue weighted by Crippen LogP contribution is -2.47. The summed E-state index contributed by atoms with van der Waals surface area (Å²) < 4.78 is 5.61. The Bertz CT molecular complexity index is 847. The number of methoxy groups -OCH3 is 1. The van der Waals surface area contributed by atoms with Gasteiger partial charge in [0, 0.05) is 69.9 Å². The molecular formula is C28H42ClN3O. The number of piperazine rings is 1.